The van der Waals surface area contributed by atoms with Gasteiger partial charge in [-0.05, 0) is 38.6 Å². The Kier molecular flexibility index (Phi) is 4.04. The summed E-state index contributed by atoms with van der Waals surface area (Å²) in [6.07, 6.45) is 2.00. The number of aromatic carboxylic acids is 1. The molecule has 2 rings (SSSR count). The number of carboxylic acid groups (broad SMARTS) is 1. The molecule has 1 aliphatic heterocycles. The van der Waals surface area contributed by atoms with Crippen LogP contribution in [-0.4, -0.2) is 49.2 Å². The monoisotopic (exact) mass is 266 g/mol. The average molecular weight is 266 g/mol. The van der Waals surface area contributed by atoms with Crippen LogP contribution in [0.3, 0.4) is 0 Å². The predicted molar refractivity (Wildman–Crippen MR) is 72.3 cm³/mol. The van der Waals surface area contributed by atoms with Gasteiger partial charge >= 0.3 is 5.97 Å². The maximum absolute atomic E-state index is 14.0. The molecule has 1 aliphatic rings. The number of para-hydroxylation sites is 1. The van der Waals surface area contributed by atoms with Crippen molar-refractivity contribution in [3.05, 3.63) is 29.6 Å². The highest BCUT2D eigenvalue weighted by atomic mass is 19.1. The smallest absolute Gasteiger partial charge is 0.337 e. The molecule has 0 amide bonds. The SMILES string of the molecule is CN1CCCC(N(C)c2c(F)cccc2C(=O)O)C1. The molecular formula is C14H19FN2O2. The molecule has 0 aromatic heterocycles. The maximum atomic E-state index is 14.0. The van der Waals surface area contributed by atoms with E-state index >= 15 is 0 Å². The van der Waals surface area contributed by atoms with Crippen LogP contribution in [0, 0.1) is 5.82 Å². The Labute approximate surface area is 112 Å². The fourth-order valence-electron chi connectivity index (χ4n) is 2.68. The fraction of sp³-hybridized carbons (Fsp3) is 0.500. The molecule has 1 aromatic carbocycles. The van der Waals surface area contributed by atoms with Crippen molar-refractivity contribution in [1.82, 2.24) is 4.90 Å². The minimum atomic E-state index is -1.09. The minimum absolute atomic E-state index is 0.0238. The highest BCUT2D eigenvalue weighted by Crippen LogP contribution is 2.27. The Morgan fingerprint density at radius 2 is 2.26 bits per heavy atom. The van der Waals surface area contributed by atoms with Gasteiger partial charge in [0.2, 0.25) is 0 Å². The molecule has 1 aromatic rings. The third-order valence-electron chi connectivity index (χ3n) is 3.72. The van der Waals surface area contributed by atoms with Gasteiger partial charge in [0.15, 0.2) is 0 Å². The van der Waals surface area contributed by atoms with Crippen LogP contribution in [0.1, 0.15) is 23.2 Å². The lowest BCUT2D eigenvalue weighted by Crippen LogP contribution is -2.45. The molecule has 1 heterocycles. The van der Waals surface area contributed by atoms with E-state index in [1.807, 2.05) is 7.05 Å². The van der Waals surface area contributed by atoms with E-state index in [1.165, 1.54) is 18.2 Å². The van der Waals surface area contributed by atoms with Gasteiger partial charge in [-0.15, -0.1) is 0 Å². The molecule has 104 valence electrons. The number of halogens is 1. The van der Waals surface area contributed by atoms with Crippen LogP contribution in [0.4, 0.5) is 10.1 Å². The molecular weight excluding hydrogens is 247 g/mol. The van der Waals surface area contributed by atoms with E-state index in [4.69, 9.17) is 0 Å². The molecule has 0 radical (unpaired) electrons. The van der Waals surface area contributed by atoms with E-state index < -0.39 is 11.8 Å². The van der Waals surface area contributed by atoms with Gasteiger partial charge in [-0.2, -0.15) is 0 Å². The summed E-state index contributed by atoms with van der Waals surface area (Å²) in [6, 6.07) is 4.34. The lowest BCUT2D eigenvalue weighted by Gasteiger charge is -2.37. The van der Waals surface area contributed by atoms with Crippen LogP contribution in [0.15, 0.2) is 18.2 Å². The molecule has 4 nitrogen and oxygen atoms in total. The van der Waals surface area contributed by atoms with Crippen molar-refractivity contribution in [1.29, 1.82) is 0 Å². The molecule has 1 saturated heterocycles. The zero-order chi connectivity index (χ0) is 14.0. The second-order valence-corrected chi connectivity index (χ2v) is 5.11. The second kappa shape index (κ2) is 5.57. The number of carboxylic acids is 1. The summed E-state index contributed by atoms with van der Waals surface area (Å²) in [6.45, 7) is 1.86. The van der Waals surface area contributed by atoms with Crippen molar-refractivity contribution < 1.29 is 14.3 Å². The largest absolute Gasteiger partial charge is 0.478 e. The third kappa shape index (κ3) is 2.87. The molecule has 0 saturated carbocycles. The molecule has 1 N–H and O–H groups in total. The summed E-state index contributed by atoms with van der Waals surface area (Å²) >= 11 is 0. The predicted octanol–water partition coefficient (Wildman–Crippen LogP) is 2.05. The first-order valence-corrected chi connectivity index (χ1v) is 6.44. The summed E-state index contributed by atoms with van der Waals surface area (Å²) < 4.78 is 14.0. The Hall–Kier alpha value is -1.62. The van der Waals surface area contributed by atoms with Crippen LogP contribution in [0.2, 0.25) is 0 Å². The van der Waals surface area contributed by atoms with E-state index in [1.54, 1.807) is 11.9 Å². The Balaban J connectivity index is 2.32. The van der Waals surface area contributed by atoms with Crippen LogP contribution in [0.25, 0.3) is 0 Å². The normalized spacial score (nSPS) is 20.3. The Bertz CT molecular complexity index is 479. The van der Waals surface area contributed by atoms with Crippen LogP contribution >= 0.6 is 0 Å². The van der Waals surface area contributed by atoms with Gasteiger partial charge in [0.05, 0.1) is 11.3 Å². The quantitative estimate of drug-likeness (QED) is 0.909. The summed E-state index contributed by atoms with van der Waals surface area (Å²) in [7, 11) is 3.80. The molecule has 5 heteroatoms. The van der Waals surface area contributed by atoms with Crippen molar-refractivity contribution in [2.45, 2.75) is 18.9 Å². The molecule has 0 bridgehead atoms. The van der Waals surface area contributed by atoms with E-state index in [0.717, 1.165) is 25.9 Å². The number of nitrogens with zero attached hydrogens (tertiary/aromatic N) is 2. The van der Waals surface area contributed by atoms with Crippen molar-refractivity contribution in [2.75, 3.05) is 32.1 Å². The molecule has 0 spiro atoms. The number of benzene rings is 1. The highest BCUT2D eigenvalue weighted by molar-refractivity contribution is 5.94. The van der Waals surface area contributed by atoms with Gasteiger partial charge in [0.1, 0.15) is 5.82 Å². The van der Waals surface area contributed by atoms with Crippen molar-refractivity contribution in [3.8, 4) is 0 Å². The Morgan fingerprint density at radius 3 is 2.89 bits per heavy atom. The second-order valence-electron chi connectivity index (χ2n) is 5.11. The summed E-state index contributed by atoms with van der Waals surface area (Å²) in [4.78, 5) is 15.2. The number of likely N-dealkylation sites (tertiary alicyclic amines) is 1. The standard InChI is InChI=1S/C14H19FN2O2/c1-16-8-4-5-10(9-16)17(2)13-11(14(18)19)6-3-7-12(13)15/h3,6-7,10H,4-5,8-9H2,1-2H3,(H,18,19). The van der Waals surface area contributed by atoms with Crippen molar-refractivity contribution in [3.63, 3.8) is 0 Å². The van der Waals surface area contributed by atoms with Gasteiger partial charge in [0, 0.05) is 19.6 Å². The van der Waals surface area contributed by atoms with E-state index in [2.05, 4.69) is 4.90 Å². The minimum Gasteiger partial charge on any atom is -0.478 e. The number of piperidine rings is 1. The van der Waals surface area contributed by atoms with Gasteiger partial charge < -0.3 is 14.9 Å². The topological polar surface area (TPSA) is 43.8 Å². The van der Waals surface area contributed by atoms with Crippen LogP contribution in [-0.2, 0) is 0 Å². The van der Waals surface area contributed by atoms with Crippen LogP contribution in [0.5, 0.6) is 0 Å². The maximum Gasteiger partial charge on any atom is 0.337 e. The molecule has 1 fully saturated rings. The number of hydrogen-bond acceptors (Lipinski definition) is 3. The molecule has 1 atom stereocenters. The molecule has 0 aliphatic carbocycles. The van der Waals surface area contributed by atoms with Gasteiger partial charge in [-0.25, -0.2) is 9.18 Å². The fourth-order valence-corrected chi connectivity index (χ4v) is 2.68. The molecule has 1 unspecified atom stereocenters. The van der Waals surface area contributed by atoms with E-state index in [0.29, 0.717) is 0 Å². The van der Waals surface area contributed by atoms with Gasteiger partial charge in [0.25, 0.3) is 0 Å². The van der Waals surface area contributed by atoms with Crippen molar-refractivity contribution in [2.24, 2.45) is 0 Å². The third-order valence-corrected chi connectivity index (χ3v) is 3.72. The zero-order valence-electron chi connectivity index (χ0n) is 11.3. The number of rotatable bonds is 3. The van der Waals surface area contributed by atoms with E-state index in [9.17, 15) is 14.3 Å². The first-order valence-electron chi connectivity index (χ1n) is 6.44. The van der Waals surface area contributed by atoms with Gasteiger partial charge in [-0.1, -0.05) is 6.07 Å². The summed E-state index contributed by atoms with van der Waals surface area (Å²) in [5.41, 5.74) is 0.214. The average Bonchev–Trinajstić information content (AvgIpc) is 2.37. The first-order chi connectivity index (χ1) is 9.00. The lowest BCUT2D eigenvalue weighted by molar-refractivity contribution is 0.0697. The molecule has 19 heavy (non-hydrogen) atoms. The number of anilines is 1. The summed E-state index contributed by atoms with van der Waals surface area (Å²) in [5.74, 6) is -1.57. The number of carbonyl (C=O) groups is 1. The van der Waals surface area contributed by atoms with Crippen LogP contribution < -0.4 is 4.90 Å². The first kappa shape index (κ1) is 13.8. The van der Waals surface area contributed by atoms with Gasteiger partial charge in [-0.3, -0.25) is 0 Å². The number of likely N-dealkylation sites (N-methyl/N-ethyl adjacent to an activating group) is 2. The lowest BCUT2D eigenvalue weighted by atomic mass is 10.0. The summed E-state index contributed by atoms with van der Waals surface area (Å²) in [5, 5.41) is 9.19. The Morgan fingerprint density at radius 1 is 1.53 bits per heavy atom. The highest BCUT2D eigenvalue weighted by Gasteiger charge is 2.26. The van der Waals surface area contributed by atoms with E-state index in [-0.39, 0.29) is 17.3 Å². The zero-order valence-corrected chi connectivity index (χ0v) is 11.3. The number of hydrogen-bond donors (Lipinski definition) is 1. The van der Waals surface area contributed by atoms with Crippen molar-refractivity contribution >= 4 is 11.7 Å².